The number of morpholine rings is 1. The van der Waals surface area contributed by atoms with Crippen LogP contribution in [0.3, 0.4) is 0 Å². The van der Waals surface area contributed by atoms with Crippen LogP contribution < -0.4 is 4.74 Å². The van der Waals surface area contributed by atoms with E-state index < -0.39 is 0 Å². The maximum absolute atomic E-state index is 6.16. The van der Waals surface area contributed by atoms with Crippen LogP contribution in [-0.2, 0) is 11.2 Å². The van der Waals surface area contributed by atoms with E-state index in [0.717, 1.165) is 38.5 Å². The highest BCUT2D eigenvalue weighted by molar-refractivity contribution is 5.85. The van der Waals surface area contributed by atoms with Gasteiger partial charge in [-0.2, -0.15) is 0 Å². The highest BCUT2D eigenvalue weighted by Gasteiger charge is 2.34. The predicted octanol–water partition coefficient (Wildman–Crippen LogP) is 3.64. The van der Waals surface area contributed by atoms with Crippen LogP contribution in [0, 0.1) is 0 Å². The number of hydrogen-bond donors (Lipinski definition) is 0. The van der Waals surface area contributed by atoms with Crippen LogP contribution in [0.1, 0.15) is 25.3 Å². The van der Waals surface area contributed by atoms with Gasteiger partial charge in [0, 0.05) is 19.1 Å². The number of fused-ring (bicyclic) bond motifs is 4. The first kappa shape index (κ1) is 15.0. The summed E-state index contributed by atoms with van der Waals surface area (Å²) in [5.74, 6) is 1.05. The Labute approximate surface area is 138 Å². The lowest BCUT2D eigenvalue weighted by atomic mass is 9.97. The fourth-order valence-electron chi connectivity index (χ4n) is 3.86. The first-order valence-electron chi connectivity index (χ1n) is 8.83. The van der Waals surface area contributed by atoms with Crippen LogP contribution >= 0.6 is 0 Å². The van der Waals surface area contributed by atoms with Crippen LogP contribution in [-0.4, -0.2) is 43.3 Å². The van der Waals surface area contributed by atoms with E-state index in [-0.39, 0.29) is 0 Å². The van der Waals surface area contributed by atoms with Crippen LogP contribution in [0.4, 0.5) is 0 Å². The van der Waals surface area contributed by atoms with E-state index >= 15 is 0 Å². The fraction of sp³-hybridized carbons (Fsp3) is 0.500. The molecule has 0 radical (unpaired) electrons. The minimum atomic E-state index is 0.451. The third-order valence-corrected chi connectivity index (χ3v) is 5.25. The average Bonchev–Trinajstić information content (AvgIpc) is 2.62. The Morgan fingerprint density at radius 2 is 2.00 bits per heavy atom. The van der Waals surface area contributed by atoms with E-state index in [1.54, 1.807) is 0 Å². The molecule has 5 rings (SSSR count). The molecule has 3 saturated heterocycles. The summed E-state index contributed by atoms with van der Waals surface area (Å²) in [5.41, 5.74) is 1.30. The number of rotatable bonds is 5. The maximum atomic E-state index is 6.16. The first-order chi connectivity index (χ1) is 11.3. The zero-order chi connectivity index (χ0) is 15.6. The summed E-state index contributed by atoms with van der Waals surface area (Å²) in [6.07, 6.45) is 3.96. The lowest BCUT2D eigenvalue weighted by molar-refractivity contribution is -0.107. The van der Waals surface area contributed by atoms with Gasteiger partial charge in [-0.3, -0.25) is 4.90 Å². The number of benzene rings is 2. The molecule has 3 fully saturated rings. The molecule has 3 heteroatoms. The summed E-state index contributed by atoms with van der Waals surface area (Å²) >= 11 is 0. The Morgan fingerprint density at radius 3 is 2.65 bits per heavy atom. The number of piperidine rings is 1. The normalized spacial score (nSPS) is 24.2. The second-order valence-corrected chi connectivity index (χ2v) is 6.69. The highest BCUT2D eigenvalue weighted by atomic mass is 16.5. The van der Waals surface area contributed by atoms with Gasteiger partial charge in [0.25, 0.3) is 0 Å². The number of nitrogens with zero attached hydrogens (tertiary/aromatic N) is 1. The molecule has 0 spiro atoms. The smallest absolute Gasteiger partial charge is 0.123 e. The molecular weight excluding hydrogens is 286 g/mol. The second kappa shape index (κ2) is 6.50. The quantitative estimate of drug-likeness (QED) is 0.841. The lowest BCUT2D eigenvalue weighted by Crippen LogP contribution is -2.55. The van der Waals surface area contributed by atoms with Crippen molar-refractivity contribution in [1.82, 2.24) is 4.90 Å². The molecule has 2 unspecified atom stereocenters. The Bertz CT molecular complexity index is 676. The molecule has 3 heterocycles. The number of ether oxygens (including phenoxy) is 2. The molecule has 122 valence electrons. The lowest BCUT2D eigenvalue weighted by Gasteiger charge is -2.45. The molecule has 2 aromatic carbocycles. The van der Waals surface area contributed by atoms with Crippen molar-refractivity contribution in [3.05, 3.63) is 42.0 Å². The van der Waals surface area contributed by atoms with Crippen molar-refractivity contribution in [3.63, 3.8) is 0 Å². The van der Waals surface area contributed by atoms with Gasteiger partial charge < -0.3 is 9.47 Å². The molecule has 0 aromatic heterocycles. The SMILES string of the molecule is CCc1cc2ccccc2cc1OCCN1CC2CCC1CO2. The number of hydrogen-bond acceptors (Lipinski definition) is 3. The second-order valence-electron chi connectivity index (χ2n) is 6.69. The highest BCUT2D eigenvalue weighted by Crippen LogP contribution is 2.28. The summed E-state index contributed by atoms with van der Waals surface area (Å²) in [7, 11) is 0. The van der Waals surface area contributed by atoms with Gasteiger partial charge in [0.05, 0.1) is 12.7 Å². The van der Waals surface area contributed by atoms with Crippen molar-refractivity contribution >= 4 is 10.8 Å². The molecule has 23 heavy (non-hydrogen) atoms. The van der Waals surface area contributed by atoms with Gasteiger partial charge in [0.1, 0.15) is 12.4 Å². The van der Waals surface area contributed by atoms with Crippen molar-refractivity contribution < 1.29 is 9.47 Å². The van der Waals surface area contributed by atoms with Gasteiger partial charge in [0.2, 0.25) is 0 Å². The minimum Gasteiger partial charge on any atom is -0.492 e. The molecule has 0 N–H and O–H groups in total. The Morgan fingerprint density at radius 1 is 1.17 bits per heavy atom. The topological polar surface area (TPSA) is 21.7 Å². The van der Waals surface area contributed by atoms with Crippen LogP contribution in [0.2, 0.25) is 0 Å². The van der Waals surface area contributed by atoms with Gasteiger partial charge in [-0.15, -0.1) is 0 Å². The van der Waals surface area contributed by atoms with Crippen LogP contribution in [0.25, 0.3) is 10.8 Å². The molecule has 0 amide bonds. The van der Waals surface area contributed by atoms with E-state index in [1.807, 2.05) is 0 Å². The maximum Gasteiger partial charge on any atom is 0.123 e. The van der Waals surface area contributed by atoms with Gasteiger partial charge in [-0.25, -0.2) is 0 Å². The molecule has 2 aromatic rings. The standard InChI is InChI=1S/C20H25NO2/c1-2-15-11-16-5-3-4-6-17(16)12-20(15)22-10-9-21-13-19-8-7-18(21)14-23-19/h3-6,11-12,18-19H,2,7-10,13-14H2,1H3. The molecule has 2 atom stereocenters. The Kier molecular flexibility index (Phi) is 4.23. The van der Waals surface area contributed by atoms with Crippen LogP contribution in [0.15, 0.2) is 36.4 Å². The Balaban J connectivity index is 1.43. The van der Waals surface area contributed by atoms with Gasteiger partial charge in [-0.1, -0.05) is 31.2 Å². The van der Waals surface area contributed by atoms with E-state index in [1.165, 1.54) is 29.2 Å². The predicted molar refractivity (Wildman–Crippen MR) is 93.2 cm³/mol. The molecular formula is C20H25NO2. The molecule has 0 aliphatic carbocycles. The molecule has 3 nitrogen and oxygen atoms in total. The summed E-state index contributed by atoms with van der Waals surface area (Å²) in [6.45, 7) is 5.93. The summed E-state index contributed by atoms with van der Waals surface area (Å²) in [5, 5.41) is 2.55. The summed E-state index contributed by atoms with van der Waals surface area (Å²) < 4.78 is 11.9. The Hall–Kier alpha value is -1.58. The number of aryl methyl sites for hydroxylation is 1. The third kappa shape index (κ3) is 3.08. The fourth-order valence-corrected chi connectivity index (χ4v) is 3.86. The molecule has 3 aliphatic heterocycles. The van der Waals surface area contributed by atoms with Gasteiger partial charge in [-0.05, 0) is 47.7 Å². The van der Waals surface area contributed by atoms with Crippen molar-refractivity contribution in [2.24, 2.45) is 0 Å². The zero-order valence-corrected chi connectivity index (χ0v) is 13.8. The van der Waals surface area contributed by atoms with Gasteiger partial charge in [0.15, 0.2) is 0 Å². The summed E-state index contributed by atoms with van der Waals surface area (Å²) in [6, 6.07) is 13.6. The molecule has 0 saturated carbocycles. The minimum absolute atomic E-state index is 0.451. The van der Waals surface area contributed by atoms with Crippen molar-refractivity contribution in [1.29, 1.82) is 0 Å². The van der Waals surface area contributed by atoms with E-state index in [0.29, 0.717) is 12.1 Å². The third-order valence-electron chi connectivity index (χ3n) is 5.25. The van der Waals surface area contributed by atoms with Crippen LogP contribution in [0.5, 0.6) is 5.75 Å². The first-order valence-corrected chi connectivity index (χ1v) is 8.83. The van der Waals surface area contributed by atoms with E-state index in [2.05, 4.69) is 48.2 Å². The largest absolute Gasteiger partial charge is 0.492 e. The van der Waals surface area contributed by atoms with Crippen molar-refractivity contribution in [2.45, 2.75) is 38.3 Å². The molecule has 2 bridgehead atoms. The monoisotopic (exact) mass is 311 g/mol. The van der Waals surface area contributed by atoms with Crippen molar-refractivity contribution in [2.75, 3.05) is 26.3 Å². The van der Waals surface area contributed by atoms with Crippen molar-refractivity contribution in [3.8, 4) is 5.75 Å². The summed E-state index contributed by atoms with van der Waals surface area (Å²) in [4.78, 5) is 2.55. The average molecular weight is 311 g/mol. The zero-order valence-electron chi connectivity index (χ0n) is 13.8. The van der Waals surface area contributed by atoms with E-state index in [9.17, 15) is 0 Å². The van der Waals surface area contributed by atoms with Gasteiger partial charge >= 0.3 is 0 Å². The van der Waals surface area contributed by atoms with E-state index in [4.69, 9.17) is 9.47 Å². The molecule has 3 aliphatic rings.